The summed E-state index contributed by atoms with van der Waals surface area (Å²) in [6, 6.07) is 1.94. The summed E-state index contributed by atoms with van der Waals surface area (Å²) in [6.45, 7) is 4.22. The second-order valence-corrected chi connectivity index (χ2v) is 8.83. The van der Waals surface area contributed by atoms with Crippen LogP contribution < -0.4 is 0 Å². The minimum Gasteiger partial charge on any atom is -0.375 e. The van der Waals surface area contributed by atoms with Gasteiger partial charge in [-0.1, -0.05) is 0 Å². The Kier molecular flexibility index (Phi) is 4.28. The molecule has 1 aromatic heterocycles. The van der Waals surface area contributed by atoms with E-state index in [1.807, 2.05) is 18.4 Å². The van der Waals surface area contributed by atoms with Crippen LogP contribution in [0.3, 0.4) is 0 Å². The number of amides is 1. The maximum Gasteiger partial charge on any atom is 0.264 e. The van der Waals surface area contributed by atoms with E-state index in [4.69, 9.17) is 4.74 Å². The monoisotopic (exact) mass is 344 g/mol. The third-order valence-corrected chi connectivity index (χ3v) is 6.58. The molecule has 122 valence electrons. The van der Waals surface area contributed by atoms with Crippen LogP contribution in [0.2, 0.25) is 0 Å². The number of fused-ring (bicyclic) bond motifs is 1. The highest BCUT2D eigenvalue weighted by Crippen LogP contribution is 2.27. The van der Waals surface area contributed by atoms with Gasteiger partial charge in [0.05, 0.1) is 23.8 Å². The normalized spacial score (nSPS) is 26.7. The van der Waals surface area contributed by atoms with Gasteiger partial charge in [-0.15, -0.1) is 11.3 Å². The molecule has 3 rings (SSSR count). The van der Waals surface area contributed by atoms with Crippen LogP contribution in [0.25, 0.3) is 0 Å². The summed E-state index contributed by atoms with van der Waals surface area (Å²) in [6.07, 6.45) is 1.15. The average Bonchev–Trinajstić information content (AvgIpc) is 2.98. The van der Waals surface area contributed by atoms with Crippen molar-refractivity contribution >= 4 is 27.3 Å². The summed E-state index contributed by atoms with van der Waals surface area (Å²) >= 11 is 1.45. The molecule has 2 atom stereocenters. The van der Waals surface area contributed by atoms with Crippen molar-refractivity contribution in [1.29, 1.82) is 0 Å². The Balaban J connectivity index is 1.74. The number of aryl methyl sites for hydroxylation is 1. The van der Waals surface area contributed by atoms with E-state index in [1.54, 1.807) is 4.90 Å². The minimum absolute atomic E-state index is 0.0232. The first-order valence-electron chi connectivity index (χ1n) is 7.26. The van der Waals surface area contributed by atoms with Crippen LogP contribution in [0, 0.1) is 12.8 Å². The summed E-state index contributed by atoms with van der Waals surface area (Å²) in [7, 11) is -3.22. The number of carbonyl (C=O) groups is 1. The van der Waals surface area contributed by atoms with E-state index in [0.717, 1.165) is 10.4 Å². The van der Waals surface area contributed by atoms with E-state index in [-0.39, 0.29) is 17.9 Å². The second kappa shape index (κ2) is 5.92. The van der Waals surface area contributed by atoms with E-state index in [9.17, 15) is 13.2 Å². The number of hydrogen-bond donors (Lipinski definition) is 0. The number of nitrogens with zero attached hydrogens (tertiary/aromatic N) is 2. The molecule has 22 heavy (non-hydrogen) atoms. The van der Waals surface area contributed by atoms with Gasteiger partial charge in [0.2, 0.25) is 10.0 Å². The van der Waals surface area contributed by atoms with Gasteiger partial charge >= 0.3 is 0 Å². The summed E-state index contributed by atoms with van der Waals surface area (Å²) < 4.78 is 30.8. The van der Waals surface area contributed by atoms with Crippen LogP contribution in [-0.2, 0) is 14.8 Å². The Morgan fingerprint density at radius 2 is 2.14 bits per heavy atom. The van der Waals surface area contributed by atoms with Crippen molar-refractivity contribution in [1.82, 2.24) is 9.21 Å². The van der Waals surface area contributed by atoms with Crippen molar-refractivity contribution in [2.45, 2.75) is 13.0 Å². The molecular weight excluding hydrogens is 324 g/mol. The molecule has 2 fully saturated rings. The molecule has 0 unspecified atom stereocenters. The predicted octanol–water partition coefficient (Wildman–Crippen LogP) is 0.789. The van der Waals surface area contributed by atoms with Crippen LogP contribution in [0.5, 0.6) is 0 Å². The number of rotatable bonds is 2. The standard InChI is InChI=1S/C14H20N2O4S2/c1-10-3-6-21-13(10)14(17)15-7-11-8-16(22(2,18)19)4-5-20-12(11)9-15/h3,6,11-12H,4-5,7-9H2,1-2H3/t11-,12-/m1/s1. The number of likely N-dealkylation sites (tertiary alicyclic amines) is 1. The van der Waals surface area contributed by atoms with Gasteiger partial charge in [-0.25, -0.2) is 8.42 Å². The van der Waals surface area contributed by atoms with Crippen LogP contribution in [0.1, 0.15) is 15.2 Å². The van der Waals surface area contributed by atoms with E-state index in [2.05, 4.69) is 0 Å². The summed E-state index contributed by atoms with van der Waals surface area (Å²) in [5, 5.41) is 1.92. The second-order valence-electron chi connectivity index (χ2n) is 5.93. The quantitative estimate of drug-likeness (QED) is 0.795. The Hall–Kier alpha value is -0.960. The summed E-state index contributed by atoms with van der Waals surface area (Å²) in [4.78, 5) is 15.1. The van der Waals surface area contributed by atoms with Crippen molar-refractivity contribution in [3.63, 3.8) is 0 Å². The van der Waals surface area contributed by atoms with E-state index in [1.165, 1.54) is 21.9 Å². The molecule has 1 aromatic rings. The van der Waals surface area contributed by atoms with Crippen molar-refractivity contribution in [3.8, 4) is 0 Å². The molecule has 3 heterocycles. The molecule has 0 bridgehead atoms. The zero-order valence-corrected chi connectivity index (χ0v) is 14.3. The van der Waals surface area contributed by atoms with Crippen molar-refractivity contribution in [2.24, 2.45) is 5.92 Å². The molecule has 0 radical (unpaired) electrons. The number of ether oxygens (including phenoxy) is 1. The van der Waals surface area contributed by atoms with Gasteiger partial charge in [-0.2, -0.15) is 4.31 Å². The zero-order valence-electron chi connectivity index (χ0n) is 12.7. The van der Waals surface area contributed by atoms with Gasteiger partial charge in [0.25, 0.3) is 5.91 Å². The Morgan fingerprint density at radius 1 is 1.36 bits per heavy atom. The van der Waals surface area contributed by atoms with Gasteiger partial charge < -0.3 is 9.64 Å². The van der Waals surface area contributed by atoms with Crippen molar-refractivity contribution in [3.05, 3.63) is 21.9 Å². The first-order chi connectivity index (χ1) is 10.4. The predicted molar refractivity (Wildman–Crippen MR) is 84.6 cm³/mol. The molecule has 6 nitrogen and oxygen atoms in total. The molecule has 8 heteroatoms. The van der Waals surface area contributed by atoms with Gasteiger partial charge in [-0.3, -0.25) is 4.79 Å². The topological polar surface area (TPSA) is 66.9 Å². The molecule has 0 saturated carbocycles. The minimum atomic E-state index is -3.22. The molecule has 0 N–H and O–H groups in total. The fourth-order valence-corrected chi connectivity index (χ4v) is 4.83. The maximum atomic E-state index is 12.6. The Morgan fingerprint density at radius 3 is 2.77 bits per heavy atom. The molecule has 2 saturated heterocycles. The van der Waals surface area contributed by atoms with Crippen molar-refractivity contribution in [2.75, 3.05) is 39.0 Å². The fourth-order valence-electron chi connectivity index (χ4n) is 3.07. The highest BCUT2D eigenvalue weighted by Gasteiger charge is 2.40. The Labute approximate surface area is 134 Å². The number of hydrogen-bond acceptors (Lipinski definition) is 5. The van der Waals surface area contributed by atoms with Crippen molar-refractivity contribution < 1.29 is 17.9 Å². The third-order valence-electron chi connectivity index (χ3n) is 4.30. The smallest absolute Gasteiger partial charge is 0.264 e. The highest BCUT2D eigenvalue weighted by molar-refractivity contribution is 7.88. The third kappa shape index (κ3) is 3.05. The maximum absolute atomic E-state index is 12.6. The lowest BCUT2D eigenvalue weighted by atomic mass is 10.1. The van der Waals surface area contributed by atoms with Gasteiger partial charge in [-0.05, 0) is 23.9 Å². The molecule has 0 spiro atoms. The lowest BCUT2D eigenvalue weighted by Crippen LogP contribution is -2.37. The fraction of sp³-hybridized carbons (Fsp3) is 0.643. The highest BCUT2D eigenvalue weighted by atomic mass is 32.2. The zero-order chi connectivity index (χ0) is 15.9. The van der Waals surface area contributed by atoms with Gasteiger partial charge in [0, 0.05) is 32.1 Å². The molecular formula is C14H20N2O4S2. The first-order valence-corrected chi connectivity index (χ1v) is 9.99. The lowest BCUT2D eigenvalue weighted by Gasteiger charge is -2.21. The van der Waals surface area contributed by atoms with Gasteiger partial charge in [0.15, 0.2) is 0 Å². The summed E-state index contributed by atoms with van der Waals surface area (Å²) in [5.41, 5.74) is 0.987. The van der Waals surface area contributed by atoms with Crippen LogP contribution in [0.15, 0.2) is 11.4 Å². The van der Waals surface area contributed by atoms with Gasteiger partial charge in [0.1, 0.15) is 0 Å². The SMILES string of the molecule is Cc1ccsc1C(=O)N1C[C@@H]2CN(S(C)(=O)=O)CCO[C@@H]2C1. The van der Waals surface area contributed by atoms with E-state index < -0.39 is 10.0 Å². The number of carbonyl (C=O) groups excluding carboxylic acids is 1. The molecule has 0 aliphatic carbocycles. The first kappa shape index (κ1) is 15.9. The molecule has 0 aromatic carbocycles. The molecule has 1 amide bonds. The van der Waals surface area contributed by atoms with Crippen LogP contribution in [0.4, 0.5) is 0 Å². The van der Waals surface area contributed by atoms with Crippen LogP contribution in [-0.4, -0.2) is 68.7 Å². The molecule has 2 aliphatic rings. The summed E-state index contributed by atoms with van der Waals surface area (Å²) in [5.74, 6) is 0.0662. The average molecular weight is 344 g/mol. The number of sulfonamides is 1. The largest absolute Gasteiger partial charge is 0.375 e. The van der Waals surface area contributed by atoms with E-state index >= 15 is 0 Å². The van der Waals surface area contributed by atoms with Crippen LogP contribution >= 0.6 is 11.3 Å². The van der Waals surface area contributed by atoms with E-state index in [0.29, 0.717) is 32.8 Å². The number of thiophene rings is 1. The molecule has 2 aliphatic heterocycles. The Bertz CT molecular complexity index is 670. The lowest BCUT2D eigenvalue weighted by molar-refractivity contribution is 0.0492.